The first kappa shape index (κ1) is 18.7. The molecule has 0 fully saturated rings. The SMILES string of the molecule is CC(C)(C)C(=O)C/C=N\CC/N=C\CC(=O)C(C)(C)C. The average molecular weight is 280 g/mol. The number of hydrogen-bond acceptors (Lipinski definition) is 4. The maximum atomic E-state index is 11.6. The normalized spacial score (nSPS) is 13.3. The molecular weight excluding hydrogens is 252 g/mol. The van der Waals surface area contributed by atoms with Gasteiger partial charge in [0.05, 0.1) is 13.1 Å². The molecule has 0 radical (unpaired) electrons. The second-order valence-electron chi connectivity index (χ2n) is 6.93. The van der Waals surface area contributed by atoms with Crippen LogP contribution in [0, 0.1) is 10.8 Å². The van der Waals surface area contributed by atoms with E-state index in [0.29, 0.717) is 25.9 Å². The van der Waals surface area contributed by atoms with Crippen molar-refractivity contribution in [2.75, 3.05) is 13.1 Å². The summed E-state index contributed by atoms with van der Waals surface area (Å²) in [6.45, 7) is 12.5. The van der Waals surface area contributed by atoms with Crippen LogP contribution in [0.4, 0.5) is 0 Å². The van der Waals surface area contributed by atoms with Crippen LogP contribution in [-0.4, -0.2) is 37.1 Å². The van der Waals surface area contributed by atoms with Crippen LogP contribution in [0.2, 0.25) is 0 Å². The molecule has 0 aromatic carbocycles. The van der Waals surface area contributed by atoms with Crippen LogP contribution >= 0.6 is 0 Å². The number of Topliss-reactive ketones (excluding diaryl/α,β-unsaturated/α-hetero) is 2. The highest BCUT2D eigenvalue weighted by atomic mass is 16.1. The van der Waals surface area contributed by atoms with Crippen molar-refractivity contribution in [1.82, 2.24) is 0 Å². The van der Waals surface area contributed by atoms with Crippen LogP contribution in [0.3, 0.4) is 0 Å². The zero-order valence-electron chi connectivity index (χ0n) is 13.7. The molecule has 0 aliphatic carbocycles. The molecule has 4 nitrogen and oxygen atoms in total. The lowest BCUT2D eigenvalue weighted by Crippen LogP contribution is -2.20. The monoisotopic (exact) mass is 280 g/mol. The Balaban J connectivity index is 3.82. The van der Waals surface area contributed by atoms with Crippen LogP contribution in [-0.2, 0) is 9.59 Å². The fourth-order valence-electron chi connectivity index (χ4n) is 1.21. The van der Waals surface area contributed by atoms with Crippen molar-refractivity contribution in [2.45, 2.75) is 54.4 Å². The Kier molecular flexibility index (Phi) is 7.54. The summed E-state index contributed by atoms with van der Waals surface area (Å²) >= 11 is 0. The molecule has 0 aliphatic heterocycles. The van der Waals surface area contributed by atoms with Crippen LogP contribution in [0.25, 0.3) is 0 Å². The van der Waals surface area contributed by atoms with Crippen molar-refractivity contribution in [1.29, 1.82) is 0 Å². The quantitative estimate of drug-likeness (QED) is 0.531. The third-order valence-corrected chi connectivity index (χ3v) is 2.84. The summed E-state index contributed by atoms with van der Waals surface area (Å²) in [4.78, 5) is 31.5. The predicted molar refractivity (Wildman–Crippen MR) is 84.9 cm³/mol. The summed E-state index contributed by atoms with van der Waals surface area (Å²) in [5.41, 5.74) is -0.616. The molecule has 4 heteroatoms. The van der Waals surface area contributed by atoms with Crippen LogP contribution < -0.4 is 0 Å². The highest BCUT2D eigenvalue weighted by molar-refractivity contribution is 5.95. The first-order valence-corrected chi connectivity index (χ1v) is 7.08. The van der Waals surface area contributed by atoms with Crippen molar-refractivity contribution in [3.05, 3.63) is 0 Å². The predicted octanol–water partition coefficient (Wildman–Crippen LogP) is 3.14. The fourth-order valence-corrected chi connectivity index (χ4v) is 1.21. The number of carbonyl (C=O) groups is 2. The summed E-state index contributed by atoms with van der Waals surface area (Å²) in [5.74, 6) is 0.362. The molecule has 0 atom stereocenters. The largest absolute Gasteiger partial charge is 0.299 e. The van der Waals surface area contributed by atoms with Gasteiger partial charge in [-0.3, -0.25) is 19.6 Å². The van der Waals surface area contributed by atoms with Gasteiger partial charge >= 0.3 is 0 Å². The van der Waals surface area contributed by atoms with Crippen molar-refractivity contribution in [3.63, 3.8) is 0 Å². The Morgan fingerprint density at radius 2 is 1.05 bits per heavy atom. The molecule has 0 rings (SSSR count). The van der Waals surface area contributed by atoms with Gasteiger partial charge in [-0.05, 0) is 0 Å². The molecule has 0 aromatic heterocycles. The van der Waals surface area contributed by atoms with E-state index in [-0.39, 0.29) is 22.4 Å². The molecule has 0 saturated carbocycles. The molecule has 0 bridgehead atoms. The number of aliphatic imine (C=N–C) groups is 2. The minimum absolute atomic E-state index is 0.181. The Morgan fingerprint density at radius 3 is 1.30 bits per heavy atom. The van der Waals surface area contributed by atoms with Crippen molar-refractivity contribution in [2.24, 2.45) is 20.8 Å². The summed E-state index contributed by atoms with van der Waals surface area (Å²) < 4.78 is 0. The molecule has 0 amide bonds. The Bertz CT molecular complexity index is 344. The Morgan fingerprint density at radius 1 is 0.750 bits per heavy atom. The van der Waals surface area contributed by atoms with E-state index in [1.807, 2.05) is 41.5 Å². The summed E-state index contributed by atoms with van der Waals surface area (Å²) in [7, 11) is 0. The fraction of sp³-hybridized carbons (Fsp3) is 0.750. The summed E-state index contributed by atoms with van der Waals surface area (Å²) in [6, 6.07) is 0. The Labute approximate surface area is 122 Å². The first-order valence-electron chi connectivity index (χ1n) is 7.08. The van der Waals surface area contributed by atoms with Crippen LogP contribution in [0.15, 0.2) is 9.98 Å². The minimum atomic E-state index is -0.308. The standard InChI is InChI=1S/C16H28N2O2/c1-15(2,3)13(19)7-9-17-11-12-18-10-8-14(20)16(4,5)6/h9-10H,7-8,11-12H2,1-6H3/b17-9-,18-10-. The second-order valence-corrected chi connectivity index (χ2v) is 6.93. The number of nitrogens with zero attached hydrogens (tertiary/aromatic N) is 2. The molecule has 0 saturated heterocycles. The van der Waals surface area contributed by atoms with Gasteiger partial charge in [-0.2, -0.15) is 0 Å². The van der Waals surface area contributed by atoms with Gasteiger partial charge < -0.3 is 0 Å². The maximum Gasteiger partial charge on any atom is 0.143 e. The second kappa shape index (κ2) is 8.08. The zero-order chi connectivity index (χ0) is 15.8. The van der Waals surface area contributed by atoms with E-state index in [1.54, 1.807) is 12.4 Å². The summed E-state index contributed by atoms with van der Waals surface area (Å²) in [6.07, 6.45) is 4.05. The van der Waals surface area contributed by atoms with E-state index in [2.05, 4.69) is 9.98 Å². The molecule has 0 spiro atoms. The number of rotatable bonds is 7. The zero-order valence-corrected chi connectivity index (χ0v) is 13.7. The van der Waals surface area contributed by atoms with Gasteiger partial charge in [0.15, 0.2) is 0 Å². The smallest absolute Gasteiger partial charge is 0.143 e. The molecule has 0 N–H and O–H groups in total. The van der Waals surface area contributed by atoms with Gasteiger partial charge in [0.1, 0.15) is 11.6 Å². The number of ketones is 2. The highest BCUT2D eigenvalue weighted by Gasteiger charge is 2.20. The van der Waals surface area contributed by atoms with E-state index in [1.165, 1.54) is 0 Å². The van der Waals surface area contributed by atoms with Gasteiger partial charge in [0.2, 0.25) is 0 Å². The van der Waals surface area contributed by atoms with Gasteiger partial charge in [-0.15, -0.1) is 0 Å². The van der Waals surface area contributed by atoms with E-state index < -0.39 is 0 Å². The molecular formula is C16H28N2O2. The molecule has 0 heterocycles. The third kappa shape index (κ3) is 8.73. The average Bonchev–Trinajstić information content (AvgIpc) is 2.29. The number of hydrogen-bond donors (Lipinski definition) is 0. The van der Waals surface area contributed by atoms with Crippen LogP contribution in [0.5, 0.6) is 0 Å². The lowest BCUT2D eigenvalue weighted by molar-refractivity contribution is -0.125. The molecule has 0 aromatic rings. The van der Waals surface area contributed by atoms with Crippen LogP contribution in [0.1, 0.15) is 54.4 Å². The van der Waals surface area contributed by atoms with Crippen molar-refractivity contribution < 1.29 is 9.59 Å². The summed E-state index contributed by atoms with van der Waals surface area (Å²) in [5, 5.41) is 0. The van der Waals surface area contributed by atoms with E-state index in [4.69, 9.17) is 0 Å². The first-order chi connectivity index (χ1) is 9.05. The lowest BCUT2D eigenvalue weighted by Gasteiger charge is -2.14. The van der Waals surface area contributed by atoms with Crippen molar-refractivity contribution >= 4 is 24.0 Å². The van der Waals surface area contributed by atoms with Gasteiger partial charge in [-0.1, -0.05) is 41.5 Å². The molecule has 0 unspecified atom stereocenters. The molecule has 20 heavy (non-hydrogen) atoms. The topological polar surface area (TPSA) is 58.9 Å². The van der Waals surface area contributed by atoms with E-state index in [0.717, 1.165) is 0 Å². The van der Waals surface area contributed by atoms with Gasteiger partial charge in [-0.25, -0.2) is 0 Å². The maximum absolute atomic E-state index is 11.6. The third-order valence-electron chi connectivity index (χ3n) is 2.84. The van der Waals surface area contributed by atoms with E-state index in [9.17, 15) is 9.59 Å². The van der Waals surface area contributed by atoms with E-state index >= 15 is 0 Å². The lowest BCUT2D eigenvalue weighted by atomic mass is 9.89. The van der Waals surface area contributed by atoms with Crippen molar-refractivity contribution in [3.8, 4) is 0 Å². The Hall–Kier alpha value is -1.32. The molecule has 0 aliphatic rings. The minimum Gasteiger partial charge on any atom is -0.299 e. The molecule has 114 valence electrons. The highest BCUT2D eigenvalue weighted by Crippen LogP contribution is 2.16. The van der Waals surface area contributed by atoms with Gasteiger partial charge in [0.25, 0.3) is 0 Å². The number of carbonyl (C=O) groups excluding carboxylic acids is 2. The van der Waals surface area contributed by atoms with Gasteiger partial charge in [0, 0.05) is 36.1 Å².